The first-order chi connectivity index (χ1) is 24.5. The number of nitrogens with zero attached hydrogens (tertiary/aromatic N) is 6. The fourth-order valence-corrected chi connectivity index (χ4v) is 9.41. The first-order valence-corrected chi connectivity index (χ1v) is 18.7. The van der Waals surface area contributed by atoms with E-state index in [1.807, 2.05) is 25.1 Å². The zero-order chi connectivity index (χ0) is 35.6. The number of carbonyl (C=O) groups excluding carboxylic acids is 3. The number of nitrogens with one attached hydrogen (secondary N) is 2. The third-order valence-corrected chi connectivity index (χ3v) is 12.3. The molecular formula is C37H40ClFN8O3S. The Morgan fingerprint density at radius 3 is 2.49 bits per heavy atom. The first kappa shape index (κ1) is 34.1. The normalized spacial score (nSPS) is 22.5. The lowest BCUT2D eigenvalue weighted by Gasteiger charge is -2.35. The zero-order valence-electron chi connectivity index (χ0n) is 28.8. The van der Waals surface area contributed by atoms with E-state index in [-0.39, 0.29) is 42.9 Å². The van der Waals surface area contributed by atoms with Gasteiger partial charge in [0.05, 0.1) is 17.6 Å². The van der Waals surface area contributed by atoms with E-state index >= 15 is 4.39 Å². The number of carbonyl (C=O) groups is 3. The summed E-state index contributed by atoms with van der Waals surface area (Å²) in [5, 5.41) is 17.4. The van der Waals surface area contributed by atoms with E-state index in [1.54, 1.807) is 11.3 Å². The van der Waals surface area contributed by atoms with Crippen LogP contribution in [0.2, 0.25) is 5.02 Å². The van der Waals surface area contributed by atoms with E-state index in [4.69, 9.17) is 16.7 Å². The molecule has 0 aliphatic carbocycles. The van der Waals surface area contributed by atoms with Gasteiger partial charge in [0, 0.05) is 67.7 Å². The molecule has 4 aliphatic heterocycles. The predicted molar refractivity (Wildman–Crippen MR) is 191 cm³/mol. The number of imide groups is 1. The number of hydrogen-bond acceptors (Lipinski definition) is 9. The average Bonchev–Trinajstić information content (AvgIpc) is 3.71. The number of piperidine rings is 1. The Hall–Kier alpha value is -4.01. The number of rotatable bonds is 7. The molecule has 2 unspecified atom stereocenters. The Morgan fingerprint density at radius 2 is 1.75 bits per heavy atom. The minimum Gasteiger partial charge on any atom is -0.322 e. The molecule has 2 fully saturated rings. The van der Waals surface area contributed by atoms with Gasteiger partial charge < -0.3 is 9.80 Å². The number of aromatic nitrogens is 3. The summed E-state index contributed by atoms with van der Waals surface area (Å²) in [6.07, 6.45) is 1.26. The van der Waals surface area contributed by atoms with Crippen LogP contribution in [0.4, 0.5) is 4.39 Å². The molecule has 2 aromatic heterocycles. The van der Waals surface area contributed by atoms with E-state index in [1.165, 1.54) is 32.0 Å². The number of amides is 3. The van der Waals surface area contributed by atoms with Crippen LogP contribution in [0.3, 0.4) is 0 Å². The van der Waals surface area contributed by atoms with Gasteiger partial charge in [0.1, 0.15) is 22.7 Å². The fraction of sp³-hybridized carbons (Fsp3) is 0.432. The number of piperazine rings is 1. The summed E-state index contributed by atoms with van der Waals surface area (Å²) in [6, 6.07) is 10.6. The second-order valence-corrected chi connectivity index (χ2v) is 15.7. The molecular weight excluding hydrogens is 691 g/mol. The van der Waals surface area contributed by atoms with E-state index in [0.29, 0.717) is 17.1 Å². The molecule has 2 aromatic carbocycles. The summed E-state index contributed by atoms with van der Waals surface area (Å²) in [5.41, 5.74) is 5.13. The smallest absolute Gasteiger partial charge is 0.258 e. The Bertz CT molecular complexity index is 2040. The summed E-state index contributed by atoms with van der Waals surface area (Å²) >= 11 is 8.08. The van der Waals surface area contributed by atoms with Gasteiger partial charge in [-0.05, 0) is 74.1 Å². The summed E-state index contributed by atoms with van der Waals surface area (Å²) in [7, 11) is 0. The quantitative estimate of drug-likeness (QED) is 0.262. The van der Waals surface area contributed by atoms with Crippen molar-refractivity contribution in [3.63, 3.8) is 0 Å². The highest BCUT2D eigenvalue weighted by Crippen LogP contribution is 2.43. The first-order valence-electron chi connectivity index (χ1n) is 17.5. The summed E-state index contributed by atoms with van der Waals surface area (Å²) in [4.78, 5) is 44.6. The maximum absolute atomic E-state index is 15.3. The number of halogens is 2. The van der Waals surface area contributed by atoms with E-state index < -0.39 is 23.7 Å². The molecule has 3 amide bonds. The van der Waals surface area contributed by atoms with Crippen molar-refractivity contribution in [2.45, 2.75) is 71.2 Å². The molecule has 51 heavy (non-hydrogen) atoms. The van der Waals surface area contributed by atoms with Crippen LogP contribution in [0, 0.1) is 26.6 Å². The van der Waals surface area contributed by atoms with Gasteiger partial charge in [-0.2, -0.15) is 0 Å². The van der Waals surface area contributed by atoms with E-state index in [2.05, 4.69) is 56.1 Å². The summed E-state index contributed by atoms with van der Waals surface area (Å²) in [5.74, 6) is -0.0924. The van der Waals surface area contributed by atoms with Crippen LogP contribution in [0.15, 0.2) is 36.4 Å². The van der Waals surface area contributed by atoms with Gasteiger partial charge in [0.25, 0.3) is 5.91 Å². The third-order valence-electron chi connectivity index (χ3n) is 10.9. The van der Waals surface area contributed by atoms with Crippen LogP contribution in [-0.4, -0.2) is 86.0 Å². The molecule has 0 saturated carbocycles. The third kappa shape index (κ3) is 6.29. The number of hydrogen-bond donors (Lipinski definition) is 2. The predicted octanol–water partition coefficient (Wildman–Crippen LogP) is 4.75. The van der Waals surface area contributed by atoms with Crippen molar-refractivity contribution in [2.75, 3.05) is 32.7 Å². The van der Waals surface area contributed by atoms with Gasteiger partial charge in [-0.3, -0.25) is 34.5 Å². The molecule has 8 rings (SSSR count). The molecule has 2 N–H and O–H groups in total. The minimum atomic E-state index is -0.767. The van der Waals surface area contributed by atoms with Crippen molar-refractivity contribution in [3.8, 4) is 5.00 Å². The second-order valence-electron chi connectivity index (χ2n) is 14.1. The van der Waals surface area contributed by atoms with Crippen molar-refractivity contribution in [2.24, 2.45) is 0 Å². The van der Waals surface area contributed by atoms with Crippen molar-refractivity contribution in [3.05, 3.63) is 97.1 Å². The summed E-state index contributed by atoms with van der Waals surface area (Å²) < 4.78 is 17.6. The lowest BCUT2D eigenvalue weighted by molar-refractivity contribution is -0.136. The van der Waals surface area contributed by atoms with Gasteiger partial charge in [-0.15, -0.1) is 21.5 Å². The van der Waals surface area contributed by atoms with Crippen molar-refractivity contribution >= 4 is 40.7 Å². The Balaban J connectivity index is 0.926. The Morgan fingerprint density at radius 1 is 1.00 bits per heavy atom. The molecule has 14 heteroatoms. The number of benzene rings is 2. The van der Waals surface area contributed by atoms with Crippen LogP contribution in [0.1, 0.15) is 86.0 Å². The largest absolute Gasteiger partial charge is 0.322 e. The molecule has 0 radical (unpaired) electrons. The maximum atomic E-state index is 15.3. The monoisotopic (exact) mass is 730 g/mol. The second kappa shape index (κ2) is 13.5. The van der Waals surface area contributed by atoms with Gasteiger partial charge in [-0.25, -0.2) is 4.39 Å². The SMILES string of the molecule is Cc1sc2c(c1C)[C@H](c1ccc(Cl)cc1)NC(CCN1CCN(Cc3cc(F)c4c(c3)CN(C3CCC(=O)NC3=O)C4=O)CC1)c1nnc(C)n1-2. The molecule has 11 nitrogen and oxygen atoms in total. The molecule has 4 aliphatic rings. The highest BCUT2D eigenvalue weighted by Gasteiger charge is 2.41. The van der Waals surface area contributed by atoms with Gasteiger partial charge in [0.15, 0.2) is 5.82 Å². The Kier molecular flexibility index (Phi) is 9.04. The van der Waals surface area contributed by atoms with Crippen LogP contribution >= 0.6 is 22.9 Å². The molecule has 4 aromatic rings. The van der Waals surface area contributed by atoms with E-state index in [9.17, 15) is 14.4 Å². The number of aryl methyl sites for hydroxylation is 2. The minimum absolute atomic E-state index is 0.0238. The molecule has 0 spiro atoms. The fourth-order valence-electron chi connectivity index (χ4n) is 8.03. The van der Waals surface area contributed by atoms with Crippen molar-refractivity contribution in [1.29, 1.82) is 0 Å². The van der Waals surface area contributed by atoms with E-state index in [0.717, 1.165) is 61.9 Å². The highest BCUT2D eigenvalue weighted by atomic mass is 35.5. The highest BCUT2D eigenvalue weighted by molar-refractivity contribution is 7.14. The molecule has 3 atom stereocenters. The number of fused-ring (bicyclic) bond motifs is 4. The topological polar surface area (TPSA) is 116 Å². The number of thiophene rings is 1. The van der Waals surface area contributed by atoms with Crippen LogP contribution in [-0.2, 0) is 22.7 Å². The van der Waals surface area contributed by atoms with Crippen molar-refractivity contribution < 1.29 is 18.8 Å². The average molecular weight is 731 g/mol. The molecule has 6 heterocycles. The van der Waals surface area contributed by atoms with Crippen molar-refractivity contribution in [1.82, 2.24) is 40.1 Å². The van der Waals surface area contributed by atoms with Crippen LogP contribution in [0.25, 0.3) is 5.00 Å². The van der Waals surface area contributed by atoms with Gasteiger partial charge in [-0.1, -0.05) is 29.8 Å². The van der Waals surface area contributed by atoms with Gasteiger partial charge >= 0.3 is 0 Å². The standard InChI is InChI=1S/C37H40ClFN8O3S/c1-20-21(2)51-37-31(20)33(24-4-6-26(38)7-5-24)40-28(34-43-42-22(3)47(34)37)10-11-44-12-14-45(15-13-44)18-23-16-25-19-46(36(50)32(25)27(39)17-23)29-8-9-30(48)41-35(29)49/h4-7,16-17,28-29,33,40H,8-15,18-19H2,1-3H3,(H,41,48,49)/t28?,29?,33-/m0/s1. The summed E-state index contributed by atoms with van der Waals surface area (Å²) in [6.45, 7) is 11.4. The zero-order valence-corrected chi connectivity index (χ0v) is 30.4. The lowest BCUT2D eigenvalue weighted by atomic mass is 9.96. The lowest BCUT2D eigenvalue weighted by Crippen LogP contribution is -2.52. The molecule has 0 bridgehead atoms. The Labute approximate surface area is 304 Å². The molecule has 266 valence electrons. The van der Waals surface area contributed by atoms with Crippen LogP contribution in [0.5, 0.6) is 0 Å². The van der Waals surface area contributed by atoms with Crippen LogP contribution < -0.4 is 10.6 Å². The maximum Gasteiger partial charge on any atom is 0.258 e. The van der Waals surface area contributed by atoms with Gasteiger partial charge in [0.2, 0.25) is 11.8 Å². The molecule has 2 saturated heterocycles.